The van der Waals surface area contributed by atoms with Crippen LogP contribution in [0.25, 0.3) is 0 Å². The molecule has 2 aromatic carbocycles. The van der Waals surface area contributed by atoms with E-state index in [0.717, 1.165) is 24.0 Å². The van der Waals surface area contributed by atoms with Crippen LogP contribution in [0.15, 0.2) is 24.3 Å². The van der Waals surface area contributed by atoms with E-state index in [-0.39, 0.29) is 27.7 Å². The van der Waals surface area contributed by atoms with Crippen molar-refractivity contribution in [2.75, 3.05) is 39.6 Å². The number of phenolic OH excluding ortho intramolecular Hbond substituents is 2. The number of rotatable bonds is 10. The molecule has 1 spiro atoms. The minimum absolute atomic E-state index is 0.124. The maximum atomic E-state index is 10.9. The van der Waals surface area contributed by atoms with Gasteiger partial charge in [0.25, 0.3) is 0 Å². The molecule has 0 bridgehead atoms. The predicted octanol–water partition coefficient (Wildman–Crippen LogP) is 5.58. The van der Waals surface area contributed by atoms with Crippen LogP contribution in [0.2, 0.25) is 0 Å². The van der Waals surface area contributed by atoms with Crippen LogP contribution in [0.4, 0.5) is 0 Å². The van der Waals surface area contributed by atoms with Gasteiger partial charge < -0.3 is 29.2 Å². The third kappa shape index (κ3) is 4.58. The maximum Gasteiger partial charge on any atom is 0.161 e. The van der Waals surface area contributed by atoms with E-state index >= 15 is 0 Å². The molecule has 0 fully saturated rings. The summed E-state index contributed by atoms with van der Waals surface area (Å²) in [6.45, 7) is 15.9. The van der Waals surface area contributed by atoms with Crippen molar-refractivity contribution < 1.29 is 29.2 Å². The number of benzene rings is 2. The number of fused-ring (bicyclic) bond motifs is 4. The Morgan fingerprint density at radius 2 is 1.03 bits per heavy atom. The molecular weight excluding hydrogens is 444 g/mol. The van der Waals surface area contributed by atoms with Crippen molar-refractivity contribution in [3.8, 4) is 23.0 Å². The molecule has 192 valence electrons. The number of phenols is 2. The molecule has 2 aromatic rings. The lowest BCUT2D eigenvalue weighted by Gasteiger charge is -2.30. The lowest BCUT2D eigenvalue weighted by atomic mass is 9.72. The van der Waals surface area contributed by atoms with Crippen LogP contribution in [-0.4, -0.2) is 49.9 Å². The molecule has 2 aliphatic rings. The zero-order valence-electron chi connectivity index (χ0n) is 22.0. The summed E-state index contributed by atoms with van der Waals surface area (Å²) in [5.74, 6) is 1.27. The monoisotopic (exact) mass is 484 g/mol. The maximum absolute atomic E-state index is 10.9. The van der Waals surface area contributed by atoms with Crippen LogP contribution in [0, 0.1) is 0 Å². The molecule has 0 atom stereocenters. The first-order valence-electron chi connectivity index (χ1n) is 12.7. The van der Waals surface area contributed by atoms with Crippen molar-refractivity contribution in [1.29, 1.82) is 0 Å². The standard InChI is InChI=1S/C29H40O6/c1-7-32-9-11-34-25-15-19-21(13-23(25)30)29(17-27(19,3)4)18-28(5,6)20-16-26(24(31)14-22(20)29)35-12-10-33-8-2/h13-16,30-31H,7-12,17-18H2,1-6H3. The van der Waals surface area contributed by atoms with Crippen LogP contribution in [0.5, 0.6) is 23.0 Å². The first-order chi connectivity index (χ1) is 16.6. The molecule has 0 unspecified atom stereocenters. The van der Waals surface area contributed by atoms with E-state index in [4.69, 9.17) is 18.9 Å². The Labute approximate surface area is 209 Å². The SMILES string of the molecule is CCOCCOc1cc2c(cc1O)C1(CC2(C)C)CC(C)(C)c2cc(OCCOCC)c(O)cc21. The molecule has 0 saturated carbocycles. The van der Waals surface area contributed by atoms with Gasteiger partial charge in [-0.1, -0.05) is 27.7 Å². The van der Waals surface area contributed by atoms with E-state index in [1.54, 1.807) is 0 Å². The van der Waals surface area contributed by atoms with Gasteiger partial charge in [0.05, 0.1) is 13.2 Å². The van der Waals surface area contributed by atoms with Crippen LogP contribution in [-0.2, 0) is 25.7 Å². The fourth-order valence-corrected chi connectivity index (χ4v) is 6.28. The van der Waals surface area contributed by atoms with Gasteiger partial charge in [-0.25, -0.2) is 0 Å². The Morgan fingerprint density at radius 1 is 0.629 bits per heavy atom. The molecule has 0 amide bonds. The molecule has 0 radical (unpaired) electrons. The first kappa shape index (κ1) is 25.6. The number of hydrogen-bond acceptors (Lipinski definition) is 6. The summed E-state index contributed by atoms with van der Waals surface area (Å²) in [7, 11) is 0. The van der Waals surface area contributed by atoms with Gasteiger partial charge in [-0.2, -0.15) is 0 Å². The molecule has 0 aromatic heterocycles. The lowest BCUT2D eigenvalue weighted by Crippen LogP contribution is -2.26. The van der Waals surface area contributed by atoms with Crippen molar-refractivity contribution >= 4 is 0 Å². The summed E-state index contributed by atoms with van der Waals surface area (Å²) in [6.07, 6.45) is 1.77. The second-order valence-corrected chi connectivity index (χ2v) is 11.0. The molecular formula is C29H40O6. The fraction of sp³-hybridized carbons (Fsp3) is 0.586. The van der Waals surface area contributed by atoms with E-state index in [2.05, 4.69) is 27.7 Å². The van der Waals surface area contributed by atoms with E-state index in [1.165, 1.54) is 11.1 Å². The molecule has 2 N–H and O–H groups in total. The number of hydrogen-bond donors (Lipinski definition) is 2. The first-order valence-corrected chi connectivity index (χ1v) is 12.7. The van der Waals surface area contributed by atoms with E-state index in [9.17, 15) is 10.2 Å². The zero-order valence-corrected chi connectivity index (χ0v) is 22.0. The van der Waals surface area contributed by atoms with Crippen molar-refractivity contribution in [1.82, 2.24) is 0 Å². The number of ether oxygens (including phenoxy) is 4. The third-order valence-electron chi connectivity index (χ3n) is 7.55. The third-order valence-corrected chi connectivity index (χ3v) is 7.55. The highest BCUT2D eigenvalue weighted by Gasteiger charge is 2.57. The lowest BCUT2D eigenvalue weighted by molar-refractivity contribution is 0.109. The molecule has 0 heterocycles. The Kier molecular flexibility index (Phi) is 7.00. The topological polar surface area (TPSA) is 77.4 Å². The van der Waals surface area contributed by atoms with Gasteiger partial charge in [0.1, 0.15) is 13.2 Å². The Bertz CT molecular complexity index is 986. The second kappa shape index (κ2) is 9.55. The van der Waals surface area contributed by atoms with Crippen LogP contribution >= 0.6 is 0 Å². The smallest absolute Gasteiger partial charge is 0.161 e. The Hall–Kier alpha value is -2.44. The van der Waals surface area contributed by atoms with Crippen molar-refractivity contribution in [2.45, 2.75) is 70.6 Å². The van der Waals surface area contributed by atoms with E-state index in [1.807, 2.05) is 38.1 Å². The summed E-state index contributed by atoms with van der Waals surface area (Å²) in [5.41, 5.74) is 4.05. The van der Waals surface area contributed by atoms with Gasteiger partial charge in [-0.3, -0.25) is 0 Å². The summed E-state index contributed by atoms with van der Waals surface area (Å²) < 4.78 is 22.5. The molecule has 6 heteroatoms. The van der Waals surface area contributed by atoms with Gasteiger partial charge >= 0.3 is 0 Å². The summed E-state index contributed by atoms with van der Waals surface area (Å²) in [6, 6.07) is 7.77. The molecule has 0 saturated heterocycles. The van der Waals surface area contributed by atoms with Crippen LogP contribution in [0.3, 0.4) is 0 Å². The minimum atomic E-state index is -0.305. The average Bonchev–Trinajstić information content (AvgIpc) is 3.13. The van der Waals surface area contributed by atoms with Gasteiger partial charge in [-0.15, -0.1) is 0 Å². The highest BCUT2D eigenvalue weighted by Crippen LogP contribution is 2.64. The van der Waals surface area contributed by atoms with Gasteiger partial charge in [-0.05, 0) is 84.0 Å². The second-order valence-electron chi connectivity index (χ2n) is 11.0. The number of aromatic hydroxyl groups is 2. The van der Waals surface area contributed by atoms with Gasteiger partial charge in [0.2, 0.25) is 0 Å². The van der Waals surface area contributed by atoms with Crippen LogP contribution in [0.1, 0.15) is 76.6 Å². The average molecular weight is 485 g/mol. The highest BCUT2D eigenvalue weighted by molar-refractivity contribution is 5.65. The van der Waals surface area contributed by atoms with Crippen LogP contribution < -0.4 is 9.47 Å². The van der Waals surface area contributed by atoms with Crippen molar-refractivity contribution in [2.24, 2.45) is 0 Å². The van der Waals surface area contributed by atoms with E-state index in [0.29, 0.717) is 51.1 Å². The van der Waals surface area contributed by atoms with E-state index < -0.39 is 0 Å². The minimum Gasteiger partial charge on any atom is -0.504 e. The molecule has 2 aliphatic carbocycles. The van der Waals surface area contributed by atoms with Gasteiger partial charge in [0, 0.05) is 18.6 Å². The summed E-state index contributed by atoms with van der Waals surface area (Å²) in [4.78, 5) is 0. The Morgan fingerprint density at radius 3 is 1.40 bits per heavy atom. The quantitative estimate of drug-likeness (QED) is 0.429. The largest absolute Gasteiger partial charge is 0.504 e. The summed E-state index contributed by atoms with van der Waals surface area (Å²) >= 11 is 0. The van der Waals surface area contributed by atoms with Crippen molar-refractivity contribution in [3.63, 3.8) is 0 Å². The Balaban J connectivity index is 1.74. The molecule has 0 aliphatic heterocycles. The summed E-state index contributed by atoms with van der Waals surface area (Å²) in [5, 5.41) is 21.8. The molecule has 35 heavy (non-hydrogen) atoms. The predicted molar refractivity (Wildman–Crippen MR) is 136 cm³/mol. The highest BCUT2D eigenvalue weighted by atomic mass is 16.5. The zero-order chi connectivity index (χ0) is 25.4. The molecule has 6 nitrogen and oxygen atoms in total. The normalized spacial score (nSPS) is 18.5. The van der Waals surface area contributed by atoms with Gasteiger partial charge in [0.15, 0.2) is 23.0 Å². The fourth-order valence-electron chi connectivity index (χ4n) is 6.28. The van der Waals surface area contributed by atoms with Crippen molar-refractivity contribution in [3.05, 3.63) is 46.5 Å². The molecule has 4 rings (SSSR count).